The fourth-order valence-electron chi connectivity index (χ4n) is 1.15. The van der Waals surface area contributed by atoms with Crippen LogP contribution in [0.1, 0.15) is 6.42 Å². The summed E-state index contributed by atoms with van der Waals surface area (Å²) in [5, 5.41) is 9.31. The molecule has 7 nitrogen and oxygen atoms in total. The highest BCUT2D eigenvalue weighted by Crippen LogP contribution is 2.13. The molecular weight excluding hydrogens is 214 g/mol. The third-order valence-electron chi connectivity index (χ3n) is 1.93. The molecular formula is C6H13NO6S. The van der Waals surface area contributed by atoms with Crippen molar-refractivity contribution in [2.24, 2.45) is 5.73 Å². The second-order valence-electron chi connectivity index (χ2n) is 3.13. The van der Waals surface area contributed by atoms with Crippen molar-refractivity contribution in [2.75, 3.05) is 13.2 Å². The first-order valence-electron chi connectivity index (χ1n) is 4.05. The van der Waals surface area contributed by atoms with Crippen molar-refractivity contribution < 1.29 is 27.0 Å². The first-order chi connectivity index (χ1) is 6.38. The minimum atomic E-state index is -4.45. The Bertz CT molecular complexity index is 278. The van der Waals surface area contributed by atoms with E-state index in [-0.39, 0.29) is 19.6 Å². The summed E-state index contributed by atoms with van der Waals surface area (Å²) in [7, 11) is -4.45. The van der Waals surface area contributed by atoms with Crippen LogP contribution in [0.5, 0.6) is 0 Å². The molecule has 0 aromatic rings. The molecule has 1 aliphatic rings. The van der Waals surface area contributed by atoms with Crippen molar-refractivity contribution >= 4 is 10.4 Å². The van der Waals surface area contributed by atoms with E-state index in [2.05, 4.69) is 4.18 Å². The molecule has 0 radical (unpaired) electrons. The van der Waals surface area contributed by atoms with E-state index in [1.54, 1.807) is 0 Å². The number of ether oxygens (including phenoxy) is 1. The zero-order valence-corrected chi connectivity index (χ0v) is 8.18. The summed E-state index contributed by atoms with van der Waals surface area (Å²) in [4.78, 5) is 0. The molecule has 0 saturated carbocycles. The van der Waals surface area contributed by atoms with Crippen LogP contribution in [0, 0.1) is 0 Å². The van der Waals surface area contributed by atoms with Gasteiger partial charge < -0.3 is 15.6 Å². The third-order valence-corrected chi connectivity index (χ3v) is 2.36. The Kier molecular flexibility index (Phi) is 3.81. The first-order valence-corrected chi connectivity index (χ1v) is 5.42. The number of hydrogen-bond donors (Lipinski definition) is 3. The van der Waals surface area contributed by atoms with Crippen molar-refractivity contribution in [3.63, 3.8) is 0 Å². The second kappa shape index (κ2) is 4.51. The Hall–Kier alpha value is -0.250. The molecule has 3 atom stereocenters. The average Bonchev–Trinajstić information content (AvgIpc) is 2.06. The largest absolute Gasteiger partial charge is 0.397 e. The molecule has 14 heavy (non-hydrogen) atoms. The van der Waals surface area contributed by atoms with Crippen LogP contribution in [0.2, 0.25) is 0 Å². The lowest BCUT2D eigenvalue weighted by atomic mass is 10.0. The maximum atomic E-state index is 10.2. The van der Waals surface area contributed by atoms with Gasteiger partial charge in [-0.25, -0.2) is 4.18 Å². The quantitative estimate of drug-likeness (QED) is 0.491. The average molecular weight is 227 g/mol. The van der Waals surface area contributed by atoms with Crippen LogP contribution in [0.4, 0.5) is 0 Å². The van der Waals surface area contributed by atoms with E-state index in [9.17, 15) is 13.5 Å². The topological polar surface area (TPSA) is 119 Å². The van der Waals surface area contributed by atoms with Crippen LogP contribution in [-0.4, -0.2) is 49.5 Å². The van der Waals surface area contributed by atoms with Gasteiger partial charge in [-0.05, 0) is 0 Å². The molecule has 1 aliphatic heterocycles. The normalized spacial score (nSPS) is 34.4. The van der Waals surface area contributed by atoms with Gasteiger partial charge in [0, 0.05) is 6.42 Å². The lowest BCUT2D eigenvalue weighted by Gasteiger charge is -2.30. The van der Waals surface area contributed by atoms with Crippen LogP contribution >= 0.6 is 0 Å². The van der Waals surface area contributed by atoms with Crippen molar-refractivity contribution in [3.05, 3.63) is 0 Å². The zero-order chi connectivity index (χ0) is 10.8. The van der Waals surface area contributed by atoms with Gasteiger partial charge in [0.1, 0.15) is 0 Å². The Morgan fingerprint density at radius 1 is 1.57 bits per heavy atom. The van der Waals surface area contributed by atoms with E-state index < -0.39 is 28.6 Å². The van der Waals surface area contributed by atoms with E-state index in [4.69, 9.17) is 15.0 Å². The van der Waals surface area contributed by atoms with Gasteiger partial charge in [-0.3, -0.25) is 4.55 Å². The molecule has 1 fully saturated rings. The second-order valence-corrected chi connectivity index (χ2v) is 4.23. The highest BCUT2D eigenvalue weighted by molar-refractivity contribution is 7.80. The number of rotatable bonds is 3. The molecule has 0 aromatic heterocycles. The monoisotopic (exact) mass is 227 g/mol. The minimum Gasteiger partial charge on any atom is -0.391 e. The fourth-order valence-corrected chi connectivity index (χ4v) is 1.47. The van der Waals surface area contributed by atoms with Crippen LogP contribution in [0.3, 0.4) is 0 Å². The lowest BCUT2D eigenvalue weighted by molar-refractivity contribution is -0.0719. The number of aliphatic hydroxyl groups excluding tert-OH is 1. The number of aliphatic hydroxyl groups is 1. The Morgan fingerprint density at radius 3 is 2.71 bits per heavy atom. The number of hydrogen-bond acceptors (Lipinski definition) is 6. The highest BCUT2D eigenvalue weighted by atomic mass is 32.3. The summed E-state index contributed by atoms with van der Waals surface area (Å²) in [5.74, 6) is 0. The van der Waals surface area contributed by atoms with Crippen LogP contribution in [-0.2, 0) is 19.3 Å². The molecule has 4 N–H and O–H groups in total. The van der Waals surface area contributed by atoms with Crippen LogP contribution < -0.4 is 5.73 Å². The van der Waals surface area contributed by atoms with E-state index in [1.807, 2.05) is 0 Å². The minimum absolute atomic E-state index is 0.140. The standard InChI is InChI=1S/C6H13NO6S/c7-5-3-12-4(1-6(5)8)2-13-14(9,10)11/h4-6,8H,1-3,7H2,(H,9,10,11). The Labute approximate surface area is 81.8 Å². The summed E-state index contributed by atoms with van der Waals surface area (Å²) in [6.07, 6.45) is -1.11. The SMILES string of the molecule is NC1COC(COS(=O)(=O)O)CC1O. The smallest absolute Gasteiger partial charge is 0.391 e. The summed E-state index contributed by atoms with van der Waals surface area (Å²) < 4.78 is 37.9. The fraction of sp³-hybridized carbons (Fsp3) is 1.00. The van der Waals surface area contributed by atoms with Crippen LogP contribution in [0.15, 0.2) is 0 Å². The van der Waals surface area contributed by atoms with Gasteiger partial charge in [-0.1, -0.05) is 0 Å². The van der Waals surface area contributed by atoms with Gasteiger partial charge in [0.25, 0.3) is 0 Å². The van der Waals surface area contributed by atoms with Gasteiger partial charge in [-0.2, -0.15) is 8.42 Å². The van der Waals surface area contributed by atoms with E-state index in [1.165, 1.54) is 0 Å². The first kappa shape index (κ1) is 11.8. The van der Waals surface area contributed by atoms with Crippen LogP contribution in [0.25, 0.3) is 0 Å². The lowest BCUT2D eigenvalue weighted by Crippen LogP contribution is -2.47. The van der Waals surface area contributed by atoms with E-state index in [0.29, 0.717) is 0 Å². The molecule has 84 valence electrons. The maximum absolute atomic E-state index is 10.2. The van der Waals surface area contributed by atoms with Crippen molar-refractivity contribution in [1.82, 2.24) is 0 Å². The summed E-state index contributed by atoms with van der Waals surface area (Å²) in [6, 6.07) is -0.461. The van der Waals surface area contributed by atoms with Gasteiger partial charge in [0.05, 0.1) is 31.5 Å². The zero-order valence-electron chi connectivity index (χ0n) is 7.37. The molecule has 0 amide bonds. The van der Waals surface area contributed by atoms with Crippen molar-refractivity contribution in [1.29, 1.82) is 0 Å². The summed E-state index contributed by atoms with van der Waals surface area (Å²) >= 11 is 0. The van der Waals surface area contributed by atoms with Gasteiger partial charge >= 0.3 is 10.4 Å². The maximum Gasteiger partial charge on any atom is 0.397 e. The van der Waals surface area contributed by atoms with E-state index >= 15 is 0 Å². The third kappa shape index (κ3) is 3.86. The molecule has 8 heteroatoms. The highest BCUT2D eigenvalue weighted by Gasteiger charge is 2.28. The van der Waals surface area contributed by atoms with Gasteiger partial charge in [0.15, 0.2) is 0 Å². The predicted molar refractivity (Wildman–Crippen MR) is 45.8 cm³/mol. The molecule has 1 rings (SSSR count). The van der Waals surface area contributed by atoms with Gasteiger partial charge in [-0.15, -0.1) is 0 Å². The molecule has 1 saturated heterocycles. The van der Waals surface area contributed by atoms with E-state index in [0.717, 1.165) is 0 Å². The molecule has 1 heterocycles. The number of nitrogens with two attached hydrogens (primary N) is 1. The predicted octanol–water partition coefficient (Wildman–Crippen LogP) is -1.72. The Morgan fingerprint density at radius 2 is 2.21 bits per heavy atom. The molecule has 0 aliphatic carbocycles. The molecule has 0 aromatic carbocycles. The summed E-state index contributed by atoms with van der Waals surface area (Å²) in [5.41, 5.74) is 5.44. The van der Waals surface area contributed by atoms with Crippen molar-refractivity contribution in [2.45, 2.75) is 24.7 Å². The molecule has 3 unspecified atom stereocenters. The Balaban J connectivity index is 2.34. The molecule has 0 bridgehead atoms. The van der Waals surface area contributed by atoms with Crippen molar-refractivity contribution in [3.8, 4) is 0 Å². The molecule has 0 spiro atoms. The summed E-state index contributed by atoms with van der Waals surface area (Å²) in [6.45, 7) is -0.177. The van der Waals surface area contributed by atoms with Gasteiger partial charge in [0.2, 0.25) is 0 Å².